The second-order valence-electron chi connectivity index (χ2n) is 4.43. The molecular weight excluding hydrogens is 326 g/mol. The Hall–Kier alpha value is -2.38. The predicted octanol–water partition coefficient (Wildman–Crippen LogP) is 3.79. The largest absolute Gasteiger partial charge is 0.508 e. The zero-order valence-corrected chi connectivity index (χ0v) is 13.1. The number of nitro benzene ring substituents is 1. The van der Waals surface area contributed by atoms with Crippen molar-refractivity contribution in [1.29, 1.82) is 0 Å². The molecule has 2 N–H and O–H groups in total. The van der Waals surface area contributed by atoms with Gasteiger partial charge in [0.15, 0.2) is 5.11 Å². The lowest BCUT2D eigenvalue weighted by Gasteiger charge is -2.21. The first-order valence-corrected chi connectivity index (χ1v) is 6.95. The summed E-state index contributed by atoms with van der Waals surface area (Å²) in [6.07, 6.45) is 0. The van der Waals surface area contributed by atoms with E-state index in [0.29, 0.717) is 15.8 Å². The maximum Gasteiger partial charge on any atom is 0.271 e. The van der Waals surface area contributed by atoms with Crippen molar-refractivity contribution < 1.29 is 10.0 Å². The number of benzene rings is 2. The molecule has 0 aliphatic heterocycles. The van der Waals surface area contributed by atoms with Crippen molar-refractivity contribution in [2.75, 3.05) is 17.3 Å². The van der Waals surface area contributed by atoms with E-state index in [1.807, 2.05) is 0 Å². The SMILES string of the molecule is CN(C(=S)Nc1cc([N+](=O)[O-])ccc1Cl)c1ccc(O)cc1. The lowest BCUT2D eigenvalue weighted by molar-refractivity contribution is -0.384. The van der Waals surface area contributed by atoms with E-state index in [1.54, 1.807) is 24.1 Å². The molecule has 0 amide bonds. The van der Waals surface area contributed by atoms with Gasteiger partial charge >= 0.3 is 0 Å². The molecule has 0 saturated carbocycles. The number of nitrogens with zero attached hydrogens (tertiary/aromatic N) is 2. The molecule has 2 aromatic carbocycles. The molecule has 0 heterocycles. The molecule has 6 nitrogen and oxygen atoms in total. The molecule has 2 aromatic rings. The van der Waals surface area contributed by atoms with E-state index in [2.05, 4.69) is 5.32 Å². The molecule has 0 aromatic heterocycles. The number of hydrogen-bond donors (Lipinski definition) is 2. The summed E-state index contributed by atoms with van der Waals surface area (Å²) in [7, 11) is 1.73. The van der Waals surface area contributed by atoms with Gasteiger partial charge in [0.2, 0.25) is 0 Å². The molecule has 0 aliphatic carbocycles. The van der Waals surface area contributed by atoms with Gasteiger partial charge in [-0.3, -0.25) is 10.1 Å². The normalized spacial score (nSPS) is 10.1. The van der Waals surface area contributed by atoms with E-state index < -0.39 is 4.92 Å². The van der Waals surface area contributed by atoms with Crippen LogP contribution < -0.4 is 10.2 Å². The minimum Gasteiger partial charge on any atom is -0.508 e. The first-order chi connectivity index (χ1) is 10.4. The highest BCUT2D eigenvalue weighted by Crippen LogP contribution is 2.27. The predicted molar refractivity (Wildman–Crippen MR) is 90.8 cm³/mol. The van der Waals surface area contributed by atoms with Crippen LogP contribution in [-0.4, -0.2) is 22.2 Å². The fourth-order valence-electron chi connectivity index (χ4n) is 1.72. The number of rotatable bonds is 3. The van der Waals surface area contributed by atoms with Crippen molar-refractivity contribution >= 4 is 46.0 Å². The number of nitrogens with one attached hydrogen (secondary N) is 1. The highest BCUT2D eigenvalue weighted by atomic mass is 35.5. The van der Waals surface area contributed by atoms with Crippen molar-refractivity contribution in [1.82, 2.24) is 0 Å². The number of phenolic OH excluding ortho intramolecular Hbond substituents is 1. The van der Waals surface area contributed by atoms with Gasteiger partial charge in [-0.1, -0.05) is 11.6 Å². The topological polar surface area (TPSA) is 78.6 Å². The average molecular weight is 338 g/mol. The van der Waals surface area contributed by atoms with Gasteiger partial charge in [0.25, 0.3) is 5.69 Å². The van der Waals surface area contributed by atoms with Gasteiger partial charge in [0.1, 0.15) is 5.75 Å². The Kier molecular flexibility index (Phi) is 4.79. The second kappa shape index (κ2) is 6.59. The maximum atomic E-state index is 10.8. The molecule has 0 unspecified atom stereocenters. The van der Waals surface area contributed by atoms with E-state index in [9.17, 15) is 15.2 Å². The molecule has 0 atom stereocenters. The number of halogens is 1. The van der Waals surface area contributed by atoms with Gasteiger partial charge < -0.3 is 15.3 Å². The van der Waals surface area contributed by atoms with Gasteiger partial charge in [0.05, 0.1) is 15.6 Å². The third-order valence-electron chi connectivity index (χ3n) is 2.94. The summed E-state index contributed by atoms with van der Waals surface area (Å²) < 4.78 is 0. The van der Waals surface area contributed by atoms with E-state index in [4.69, 9.17) is 23.8 Å². The molecule has 2 rings (SSSR count). The van der Waals surface area contributed by atoms with Gasteiger partial charge in [-0.2, -0.15) is 0 Å². The molecule has 22 heavy (non-hydrogen) atoms. The van der Waals surface area contributed by atoms with Gasteiger partial charge in [0, 0.05) is 24.9 Å². The Balaban J connectivity index is 2.19. The second-order valence-corrected chi connectivity index (χ2v) is 5.22. The minimum absolute atomic E-state index is 0.0815. The van der Waals surface area contributed by atoms with Crippen LogP contribution in [0, 0.1) is 10.1 Å². The minimum atomic E-state index is -0.506. The van der Waals surface area contributed by atoms with Crippen molar-refractivity contribution in [3.8, 4) is 5.75 Å². The van der Waals surface area contributed by atoms with Crippen LogP contribution in [0.3, 0.4) is 0 Å². The molecule has 0 spiro atoms. The number of anilines is 2. The highest BCUT2D eigenvalue weighted by Gasteiger charge is 2.13. The highest BCUT2D eigenvalue weighted by molar-refractivity contribution is 7.80. The van der Waals surface area contributed by atoms with Crippen LogP contribution in [0.2, 0.25) is 5.02 Å². The van der Waals surface area contributed by atoms with E-state index in [0.717, 1.165) is 5.69 Å². The zero-order valence-electron chi connectivity index (χ0n) is 11.5. The lowest BCUT2D eigenvalue weighted by atomic mass is 10.2. The molecule has 0 bridgehead atoms. The van der Waals surface area contributed by atoms with Crippen LogP contribution in [-0.2, 0) is 0 Å². The molecule has 0 aliphatic rings. The standard InChI is InChI=1S/C14H12ClN3O3S/c1-17(9-2-5-11(19)6-3-9)14(22)16-13-8-10(18(20)21)4-7-12(13)15/h2-8,19H,1H3,(H,16,22). The van der Waals surface area contributed by atoms with Crippen molar-refractivity contribution in [2.45, 2.75) is 0 Å². The average Bonchev–Trinajstić information content (AvgIpc) is 2.49. The Morgan fingerprint density at radius 2 is 1.95 bits per heavy atom. The molecule has 114 valence electrons. The molecule has 0 saturated heterocycles. The monoisotopic (exact) mass is 337 g/mol. The number of non-ortho nitro benzene ring substituents is 1. The van der Waals surface area contributed by atoms with E-state index in [-0.39, 0.29) is 11.4 Å². The molecule has 0 fully saturated rings. The van der Waals surface area contributed by atoms with E-state index >= 15 is 0 Å². The molecule has 8 heteroatoms. The third-order valence-corrected chi connectivity index (χ3v) is 3.65. The fraction of sp³-hybridized carbons (Fsp3) is 0.0714. The number of nitro groups is 1. The first-order valence-electron chi connectivity index (χ1n) is 6.16. The van der Waals surface area contributed by atoms with Crippen molar-refractivity contribution in [2.24, 2.45) is 0 Å². The quantitative estimate of drug-likeness (QED) is 0.504. The van der Waals surface area contributed by atoms with Crippen LogP contribution in [0.5, 0.6) is 5.75 Å². The van der Waals surface area contributed by atoms with Crippen LogP contribution >= 0.6 is 23.8 Å². The Labute approximate surface area is 137 Å². The van der Waals surface area contributed by atoms with Crippen LogP contribution in [0.25, 0.3) is 0 Å². The maximum absolute atomic E-state index is 10.8. The Bertz CT molecular complexity index is 722. The first kappa shape index (κ1) is 16.0. The van der Waals surface area contributed by atoms with Crippen LogP contribution in [0.4, 0.5) is 17.1 Å². The Morgan fingerprint density at radius 3 is 2.55 bits per heavy atom. The summed E-state index contributed by atoms with van der Waals surface area (Å²) in [4.78, 5) is 12.0. The number of phenols is 1. The zero-order chi connectivity index (χ0) is 16.3. The van der Waals surface area contributed by atoms with Gasteiger partial charge in [-0.15, -0.1) is 0 Å². The molecule has 0 radical (unpaired) electrons. The lowest BCUT2D eigenvalue weighted by Crippen LogP contribution is -2.30. The number of thiocarbonyl (C=S) groups is 1. The van der Waals surface area contributed by atoms with Crippen LogP contribution in [0.1, 0.15) is 0 Å². The fourth-order valence-corrected chi connectivity index (χ4v) is 2.10. The summed E-state index contributed by atoms with van der Waals surface area (Å²) in [6, 6.07) is 10.5. The summed E-state index contributed by atoms with van der Waals surface area (Å²) in [6.45, 7) is 0. The third kappa shape index (κ3) is 3.63. The smallest absolute Gasteiger partial charge is 0.271 e. The van der Waals surface area contributed by atoms with Gasteiger partial charge in [-0.05, 0) is 42.5 Å². The summed E-state index contributed by atoms with van der Waals surface area (Å²) in [5.41, 5.74) is 1.02. The summed E-state index contributed by atoms with van der Waals surface area (Å²) in [5, 5.41) is 23.6. The van der Waals surface area contributed by atoms with Gasteiger partial charge in [-0.25, -0.2) is 0 Å². The number of aromatic hydroxyl groups is 1. The number of hydrogen-bond acceptors (Lipinski definition) is 4. The molecular formula is C14H12ClN3O3S. The van der Waals surface area contributed by atoms with Crippen molar-refractivity contribution in [3.05, 3.63) is 57.6 Å². The van der Waals surface area contributed by atoms with Crippen molar-refractivity contribution in [3.63, 3.8) is 0 Å². The summed E-state index contributed by atoms with van der Waals surface area (Å²) >= 11 is 11.3. The van der Waals surface area contributed by atoms with Crippen LogP contribution in [0.15, 0.2) is 42.5 Å². The van der Waals surface area contributed by atoms with E-state index in [1.165, 1.54) is 30.3 Å². The Morgan fingerprint density at radius 1 is 1.32 bits per heavy atom. The summed E-state index contributed by atoms with van der Waals surface area (Å²) in [5.74, 6) is 0.151.